The molecule has 2 aromatic carbocycles. The van der Waals surface area contributed by atoms with E-state index in [1.54, 1.807) is 18.3 Å². The van der Waals surface area contributed by atoms with Crippen molar-refractivity contribution in [1.82, 2.24) is 9.88 Å². The van der Waals surface area contributed by atoms with Gasteiger partial charge in [-0.25, -0.2) is 8.42 Å². The molecule has 2 aliphatic rings. The third-order valence-electron chi connectivity index (χ3n) is 8.97. The lowest BCUT2D eigenvalue weighted by Crippen LogP contribution is -2.56. The summed E-state index contributed by atoms with van der Waals surface area (Å²) in [7, 11) is -3.29. The van der Waals surface area contributed by atoms with Gasteiger partial charge in [0.15, 0.2) is 9.84 Å². The Morgan fingerprint density at radius 1 is 0.921 bits per heavy atom. The second-order valence-corrected chi connectivity index (χ2v) is 13.4. The van der Waals surface area contributed by atoms with Gasteiger partial charge in [-0.05, 0) is 92.0 Å². The smallest absolute Gasteiger partial charge is 0.160 e. The fourth-order valence-electron chi connectivity index (χ4n) is 6.01. The van der Waals surface area contributed by atoms with Crippen molar-refractivity contribution in [2.45, 2.75) is 81.9 Å². The Hall–Kier alpha value is -2.70. The lowest BCUT2D eigenvalue weighted by atomic mass is 9.80. The van der Waals surface area contributed by atoms with Crippen molar-refractivity contribution < 1.29 is 13.2 Å². The molecule has 1 spiro atoms. The van der Waals surface area contributed by atoms with E-state index in [1.165, 1.54) is 18.4 Å². The van der Waals surface area contributed by atoms with Crippen molar-refractivity contribution in [3.63, 3.8) is 0 Å². The van der Waals surface area contributed by atoms with E-state index in [4.69, 9.17) is 4.74 Å². The molecule has 2 aliphatic heterocycles. The maximum atomic E-state index is 12.7. The predicted molar refractivity (Wildman–Crippen MR) is 154 cm³/mol. The fourth-order valence-corrected chi connectivity index (χ4v) is 7.44. The molecule has 0 aliphatic carbocycles. The molecule has 0 saturated carbocycles. The molecule has 0 unspecified atom stereocenters. The largest absolute Gasteiger partial charge is 0.487 e. The molecule has 0 amide bonds. The van der Waals surface area contributed by atoms with E-state index in [0.29, 0.717) is 11.2 Å². The number of fused-ring (bicyclic) bond motifs is 1. The molecular weight excluding hydrogens is 492 g/mol. The maximum absolute atomic E-state index is 12.7. The SMILES string of the molecule is CCC(C)(CC)N1CCC2(CCc3cc(-c4ccc(CS(=O)(=O)Cc5ccccn5)cc4)ccc3O2)CC1. The lowest BCUT2D eigenvalue weighted by molar-refractivity contribution is -0.0442. The molecule has 5 rings (SSSR count). The number of aromatic nitrogens is 1. The summed E-state index contributed by atoms with van der Waals surface area (Å²) in [6.07, 6.45) is 8.28. The molecule has 0 bridgehead atoms. The second kappa shape index (κ2) is 10.8. The van der Waals surface area contributed by atoms with E-state index in [9.17, 15) is 8.42 Å². The average molecular weight is 533 g/mol. The Balaban J connectivity index is 1.23. The zero-order valence-electron chi connectivity index (χ0n) is 22.9. The van der Waals surface area contributed by atoms with Crippen molar-refractivity contribution in [3.8, 4) is 16.9 Å². The van der Waals surface area contributed by atoms with Gasteiger partial charge >= 0.3 is 0 Å². The van der Waals surface area contributed by atoms with E-state index in [-0.39, 0.29) is 17.1 Å². The first-order valence-corrected chi connectivity index (χ1v) is 15.8. The van der Waals surface area contributed by atoms with Gasteiger partial charge in [0.25, 0.3) is 0 Å². The van der Waals surface area contributed by atoms with Gasteiger partial charge in [0.1, 0.15) is 11.4 Å². The molecule has 1 aromatic heterocycles. The number of nitrogens with zero attached hydrogens (tertiary/aromatic N) is 2. The zero-order chi connectivity index (χ0) is 26.8. The fraction of sp³-hybridized carbons (Fsp3) is 0.469. The van der Waals surface area contributed by atoms with Crippen LogP contribution < -0.4 is 4.74 Å². The molecule has 5 nitrogen and oxygen atoms in total. The summed E-state index contributed by atoms with van der Waals surface area (Å²) < 4.78 is 32.0. The van der Waals surface area contributed by atoms with Crippen molar-refractivity contribution in [2.24, 2.45) is 0 Å². The number of hydrogen-bond donors (Lipinski definition) is 0. The summed E-state index contributed by atoms with van der Waals surface area (Å²) in [4.78, 5) is 6.83. The standard InChI is InChI=1S/C32H40N2O3S/c1-4-31(3,5-2)34-20-17-32(18-21-34)16-15-28-22-27(13-14-30(28)37-32)26-11-9-25(10-12-26)23-38(35,36)24-29-8-6-7-19-33-29/h6-14,19,22H,4-5,15-18,20-21,23-24H2,1-3H3. The van der Waals surface area contributed by atoms with Crippen LogP contribution in [0.3, 0.4) is 0 Å². The van der Waals surface area contributed by atoms with Gasteiger partial charge in [0.2, 0.25) is 0 Å². The minimum Gasteiger partial charge on any atom is -0.487 e. The number of rotatable bonds is 8. The van der Waals surface area contributed by atoms with Gasteiger partial charge in [-0.3, -0.25) is 9.88 Å². The number of likely N-dealkylation sites (tertiary alicyclic amines) is 1. The van der Waals surface area contributed by atoms with Crippen LogP contribution in [0.5, 0.6) is 5.75 Å². The van der Waals surface area contributed by atoms with Crippen LogP contribution in [-0.2, 0) is 27.8 Å². The molecule has 0 N–H and O–H groups in total. The van der Waals surface area contributed by atoms with Crippen LogP contribution in [0.2, 0.25) is 0 Å². The molecule has 1 saturated heterocycles. The molecule has 6 heteroatoms. The highest BCUT2D eigenvalue weighted by Gasteiger charge is 2.42. The second-order valence-electron chi connectivity index (χ2n) is 11.3. The summed E-state index contributed by atoms with van der Waals surface area (Å²) in [5.74, 6) is 0.993. The van der Waals surface area contributed by atoms with Crippen LogP contribution in [0.15, 0.2) is 66.9 Å². The van der Waals surface area contributed by atoms with E-state index >= 15 is 0 Å². The van der Waals surface area contributed by atoms with Crippen LogP contribution in [0.25, 0.3) is 11.1 Å². The quantitative estimate of drug-likeness (QED) is 0.327. The number of ether oxygens (including phenoxy) is 1. The van der Waals surface area contributed by atoms with Gasteiger partial charge in [-0.2, -0.15) is 0 Å². The molecule has 38 heavy (non-hydrogen) atoms. The third-order valence-corrected chi connectivity index (χ3v) is 10.5. The first kappa shape index (κ1) is 26.9. The Bertz CT molecular complexity index is 1340. The number of pyridine rings is 1. The van der Waals surface area contributed by atoms with Crippen molar-refractivity contribution in [3.05, 3.63) is 83.7 Å². The molecule has 202 valence electrons. The van der Waals surface area contributed by atoms with E-state index in [1.807, 2.05) is 30.3 Å². The summed E-state index contributed by atoms with van der Waals surface area (Å²) in [6.45, 7) is 9.22. The monoisotopic (exact) mass is 532 g/mol. The van der Waals surface area contributed by atoms with Gasteiger partial charge in [0, 0.05) is 24.8 Å². The van der Waals surface area contributed by atoms with Crippen molar-refractivity contribution >= 4 is 9.84 Å². The number of benzene rings is 2. The normalized spacial score (nSPS) is 17.7. The van der Waals surface area contributed by atoms with Gasteiger partial charge < -0.3 is 4.74 Å². The number of aryl methyl sites for hydroxylation is 1. The minimum atomic E-state index is -3.29. The first-order valence-electron chi connectivity index (χ1n) is 14.0. The molecule has 3 heterocycles. The summed E-state index contributed by atoms with van der Waals surface area (Å²) in [6, 6.07) is 19.7. The molecule has 0 radical (unpaired) electrons. The number of hydrogen-bond acceptors (Lipinski definition) is 5. The Kier molecular flexibility index (Phi) is 7.65. The van der Waals surface area contributed by atoms with Gasteiger partial charge in [-0.15, -0.1) is 0 Å². The van der Waals surface area contributed by atoms with Crippen LogP contribution >= 0.6 is 0 Å². The lowest BCUT2D eigenvalue weighted by Gasteiger charge is -2.50. The van der Waals surface area contributed by atoms with Crippen LogP contribution in [0.1, 0.15) is 69.7 Å². The highest BCUT2D eigenvalue weighted by atomic mass is 32.2. The van der Waals surface area contributed by atoms with Gasteiger partial charge in [-0.1, -0.05) is 50.2 Å². The highest BCUT2D eigenvalue weighted by molar-refractivity contribution is 7.89. The Morgan fingerprint density at radius 2 is 1.63 bits per heavy atom. The molecular formula is C32H40N2O3S. The summed E-state index contributed by atoms with van der Waals surface area (Å²) in [5, 5.41) is 0. The summed E-state index contributed by atoms with van der Waals surface area (Å²) >= 11 is 0. The van der Waals surface area contributed by atoms with E-state index < -0.39 is 9.84 Å². The average Bonchev–Trinajstić information content (AvgIpc) is 2.93. The van der Waals surface area contributed by atoms with E-state index in [0.717, 1.165) is 61.2 Å². The van der Waals surface area contributed by atoms with Crippen LogP contribution in [0, 0.1) is 0 Å². The first-order chi connectivity index (χ1) is 18.2. The zero-order valence-corrected chi connectivity index (χ0v) is 23.8. The topological polar surface area (TPSA) is 59.5 Å². The molecule has 0 atom stereocenters. The third kappa shape index (κ3) is 5.81. The van der Waals surface area contributed by atoms with Crippen LogP contribution in [-0.4, -0.2) is 42.5 Å². The Labute approximate surface area is 228 Å². The predicted octanol–water partition coefficient (Wildman–Crippen LogP) is 6.60. The molecule has 3 aromatic rings. The number of sulfone groups is 1. The van der Waals surface area contributed by atoms with Crippen molar-refractivity contribution in [1.29, 1.82) is 0 Å². The molecule has 1 fully saturated rings. The highest BCUT2D eigenvalue weighted by Crippen LogP contribution is 2.42. The minimum absolute atomic E-state index is 0.0110. The van der Waals surface area contributed by atoms with E-state index in [2.05, 4.69) is 48.9 Å². The Morgan fingerprint density at radius 3 is 2.29 bits per heavy atom. The van der Waals surface area contributed by atoms with Gasteiger partial charge in [0.05, 0.1) is 17.2 Å². The van der Waals surface area contributed by atoms with Crippen molar-refractivity contribution in [2.75, 3.05) is 13.1 Å². The summed E-state index contributed by atoms with van der Waals surface area (Å²) in [5.41, 5.74) is 5.13. The number of piperidine rings is 1. The maximum Gasteiger partial charge on any atom is 0.160 e. The van der Waals surface area contributed by atoms with Crippen LogP contribution in [0.4, 0.5) is 0 Å².